The van der Waals surface area contributed by atoms with Crippen LogP contribution in [0.15, 0.2) is 35.7 Å². The lowest BCUT2D eigenvalue weighted by Gasteiger charge is -2.05. The van der Waals surface area contributed by atoms with Crippen LogP contribution in [0.4, 0.5) is 9.93 Å². The highest BCUT2D eigenvalue weighted by molar-refractivity contribution is 7.14. The van der Waals surface area contributed by atoms with Crippen molar-refractivity contribution in [2.45, 2.75) is 13.0 Å². The predicted octanol–water partition coefficient (Wildman–Crippen LogP) is 0.786. The Kier molecular flexibility index (Phi) is 7.91. The number of hydrogen-bond acceptors (Lipinski definition) is 6. The molecule has 4 amide bonds. The third kappa shape index (κ3) is 7.41. The van der Waals surface area contributed by atoms with Crippen molar-refractivity contribution < 1.29 is 24.3 Å². The van der Waals surface area contributed by atoms with E-state index in [1.807, 2.05) is 30.3 Å². The van der Waals surface area contributed by atoms with E-state index in [9.17, 15) is 19.2 Å². The van der Waals surface area contributed by atoms with Crippen molar-refractivity contribution in [1.29, 1.82) is 0 Å². The lowest BCUT2D eigenvalue weighted by atomic mass is 10.2. The Balaban J connectivity index is 1.73. The summed E-state index contributed by atoms with van der Waals surface area (Å²) in [7, 11) is 0. The van der Waals surface area contributed by atoms with Crippen LogP contribution < -0.4 is 21.3 Å². The quantitative estimate of drug-likeness (QED) is 0.416. The van der Waals surface area contributed by atoms with Gasteiger partial charge in [0.1, 0.15) is 5.69 Å². The number of aliphatic carboxylic acids is 1. The minimum absolute atomic E-state index is 0.0209. The number of aromatic nitrogens is 1. The monoisotopic (exact) mass is 405 g/mol. The third-order valence-electron chi connectivity index (χ3n) is 3.32. The number of carboxylic acids is 1. The van der Waals surface area contributed by atoms with Crippen molar-refractivity contribution in [3.05, 3.63) is 47.0 Å². The largest absolute Gasteiger partial charge is 0.481 e. The van der Waals surface area contributed by atoms with Crippen molar-refractivity contribution in [1.82, 2.24) is 20.9 Å². The summed E-state index contributed by atoms with van der Waals surface area (Å²) in [5, 5.41) is 20.1. The normalized spacial score (nSPS) is 10.0. The molecule has 0 saturated heterocycles. The number of carbonyl (C=O) groups excluding carboxylic acids is 3. The van der Waals surface area contributed by atoms with Gasteiger partial charge in [0.25, 0.3) is 5.91 Å². The molecule has 1 aromatic carbocycles. The van der Waals surface area contributed by atoms with Crippen LogP contribution in [0.3, 0.4) is 0 Å². The summed E-state index contributed by atoms with van der Waals surface area (Å²) in [4.78, 5) is 49.7. The maximum atomic E-state index is 12.0. The van der Waals surface area contributed by atoms with Gasteiger partial charge in [-0.15, -0.1) is 11.3 Å². The Hall–Kier alpha value is -3.47. The van der Waals surface area contributed by atoms with Gasteiger partial charge < -0.3 is 21.1 Å². The second kappa shape index (κ2) is 10.6. The van der Waals surface area contributed by atoms with Gasteiger partial charge in [-0.05, 0) is 5.56 Å². The minimum Gasteiger partial charge on any atom is -0.481 e. The molecule has 0 aliphatic carbocycles. The number of urea groups is 1. The number of nitrogens with one attached hydrogen (secondary N) is 4. The highest BCUT2D eigenvalue weighted by Crippen LogP contribution is 2.15. The fourth-order valence-electron chi connectivity index (χ4n) is 1.98. The SMILES string of the molecule is O=C(O)CCNC(=O)CNC(=O)c1csc(NC(=O)NCc2ccccc2)n1. The molecular weight excluding hydrogens is 386 g/mol. The van der Waals surface area contributed by atoms with E-state index in [2.05, 4.69) is 26.3 Å². The molecule has 10 nitrogen and oxygen atoms in total. The standard InChI is InChI=1S/C17H19N5O5S/c23-13(18-7-6-14(24)25)9-19-15(26)12-10-28-17(21-12)22-16(27)20-8-11-4-2-1-3-5-11/h1-5,10H,6-9H2,(H,18,23)(H,19,26)(H,24,25)(H2,20,21,22,27). The van der Waals surface area contributed by atoms with Gasteiger partial charge >= 0.3 is 12.0 Å². The van der Waals surface area contributed by atoms with E-state index in [-0.39, 0.29) is 30.3 Å². The molecule has 2 aromatic rings. The summed E-state index contributed by atoms with van der Waals surface area (Å²) in [5.41, 5.74) is 1.00. The van der Waals surface area contributed by atoms with Gasteiger partial charge in [0.2, 0.25) is 5.91 Å². The molecule has 11 heteroatoms. The van der Waals surface area contributed by atoms with Gasteiger partial charge in [-0.1, -0.05) is 30.3 Å². The molecule has 1 aromatic heterocycles. The number of hydrogen-bond donors (Lipinski definition) is 5. The first-order chi connectivity index (χ1) is 13.4. The number of anilines is 1. The number of amides is 4. The Morgan fingerprint density at radius 3 is 2.50 bits per heavy atom. The smallest absolute Gasteiger partial charge is 0.321 e. The zero-order chi connectivity index (χ0) is 20.4. The molecule has 0 bridgehead atoms. The highest BCUT2D eigenvalue weighted by Gasteiger charge is 2.13. The number of thiazole rings is 1. The molecule has 5 N–H and O–H groups in total. The molecule has 0 fully saturated rings. The summed E-state index contributed by atoms with van der Waals surface area (Å²) in [5.74, 6) is -2.12. The molecule has 28 heavy (non-hydrogen) atoms. The van der Waals surface area contributed by atoms with E-state index in [0.717, 1.165) is 16.9 Å². The molecular formula is C17H19N5O5S. The molecule has 1 heterocycles. The first-order valence-corrected chi connectivity index (χ1v) is 9.13. The van der Waals surface area contributed by atoms with E-state index in [4.69, 9.17) is 5.11 Å². The van der Waals surface area contributed by atoms with E-state index < -0.39 is 23.8 Å². The van der Waals surface area contributed by atoms with Crippen LogP contribution in [-0.2, 0) is 16.1 Å². The Morgan fingerprint density at radius 1 is 1.04 bits per heavy atom. The van der Waals surface area contributed by atoms with Gasteiger partial charge in [0.05, 0.1) is 13.0 Å². The summed E-state index contributed by atoms with van der Waals surface area (Å²) in [6, 6.07) is 8.92. The average Bonchev–Trinajstić information content (AvgIpc) is 3.13. The molecule has 0 aliphatic rings. The number of carbonyl (C=O) groups is 4. The van der Waals surface area contributed by atoms with Gasteiger partial charge in [-0.3, -0.25) is 19.7 Å². The summed E-state index contributed by atoms with van der Waals surface area (Å²) >= 11 is 1.07. The Labute approximate surface area is 164 Å². The van der Waals surface area contributed by atoms with Crippen molar-refractivity contribution in [3.8, 4) is 0 Å². The first-order valence-electron chi connectivity index (χ1n) is 8.25. The number of carboxylic acid groups (broad SMARTS) is 1. The third-order valence-corrected chi connectivity index (χ3v) is 4.08. The molecule has 148 valence electrons. The van der Waals surface area contributed by atoms with Crippen LogP contribution in [-0.4, -0.2) is 47.0 Å². The van der Waals surface area contributed by atoms with Gasteiger partial charge in [-0.25, -0.2) is 9.78 Å². The topological polar surface area (TPSA) is 150 Å². The molecule has 0 saturated carbocycles. The molecule has 0 radical (unpaired) electrons. The predicted molar refractivity (Wildman–Crippen MR) is 102 cm³/mol. The summed E-state index contributed by atoms with van der Waals surface area (Å²) < 4.78 is 0. The van der Waals surface area contributed by atoms with Crippen molar-refractivity contribution in [2.75, 3.05) is 18.4 Å². The Morgan fingerprint density at radius 2 is 1.79 bits per heavy atom. The van der Waals surface area contributed by atoms with Crippen LogP contribution >= 0.6 is 11.3 Å². The zero-order valence-electron chi connectivity index (χ0n) is 14.7. The van der Waals surface area contributed by atoms with E-state index in [1.54, 1.807) is 0 Å². The summed E-state index contributed by atoms with van der Waals surface area (Å²) in [6.45, 7) is 0.0194. The first kappa shape index (κ1) is 20.8. The fraction of sp³-hybridized carbons (Fsp3) is 0.235. The second-order valence-electron chi connectivity index (χ2n) is 5.51. The number of nitrogens with zero attached hydrogens (tertiary/aromatic N) is 1. The number of rotatable bonds is 9. The molecule has 0 unspecified atom stereocenters. The molecule has 0 atom stereocenters. The zero-order valence-corrected chi connectivity index (χ0v) is 15.5. The molecule has 2 rings (SSSR count). The van der Waals surface area contributed by atoms with Crippen LogP contribution in [0.2, 0.25) is 0 Å². The Bertz CT molecular complexity index is 839. The van der Waals surface area contributed by atoms with Gasteiger partial charge in [-0.2, -0.15) is 0 Å². The highest BCUT2D eigenvalue weighted by atomic mass is 32.1. The second-order valence-corrected chi connectivity index (χ2v) is 6.37. The van der Waals surface area contributed by atoms with Crippen molar-refractivity contribution in [2.24, 2.45) is 0 Å². The average molecular weight is 405 g/mol. The fourth-order valence-corrected chi connectivity index (χ4v) is 2.66. The van der Waals surface area contributed by atoms with Gasteiger partial charge in [0.15, 0.2) is 5.13 Å². The van der Waals surface area contributed by atoms with Crippen LogP contribution in [0, 0.1) is 0 Å². The molecule has 0 spiro atoms. The van der Waals surface area contributed by atoms with Crippen molar-refractivity contribution >= 4 is 40.3 Å². The maximum absolute atomic E-state index is 12.0. The maximum Gasteiger partial charge on any atom is 0.321 e. The van der Waals surface area contributed by atoms with Crippen LogP contribution in [0.25, 0.3) is 0 Å². The van der Waals surface area contributed by atoms with E-state index >= 15 is 0 Å². The molecule has 0 aliphatic heterocycles. The van der Waals surface area contributed by atoms with E-state index in [0.29, 0.717) is 6.54 Å². The lowest BCUT2D eigenvalue weighted by molar-refractivity contribution is -0.136. The minimum atomic E-state index is -1.03. The van der Waals surface area contributed by atoms with Crippen LogP contribution in [0.1, 0.15) is 22.5 Å². The summed E-state index contributed by atoms with van der Waals surface area (Å²) in [6.07, 6.45) is -0.201. The van der Waals surface area contributed by atoms with E-state index in [1.165, 1.54) is 5.38 Å². The van der Waals surface area contributed by atoms with Crippen molar-refractivity contribution in [3.63, 3.8) is 0 Å². The van der Waals surface area contributed by atoms with Crippen LogP contribution in [0.5, 0.6) is 0 Å². The van der Waals surface area contributed by atoms with Gasteiger partial charge in [0, 0.05) is 18.5 Å². The lowest BCUT2D eigenvalue weighted by Crippen LogP contribution is -2.37. The number of benzene rings is 1.